The third kappa shape index (κ3) is 3.45. The number of hydrogen-bond acceptors (Lipinski definition) is 7. The molecule has 0 unspecified atom stereocenters. The molecule has 2 saturated heterocycles. The van der Waals surface area contributed by atoms with Crippen LogP contribution in [-0.2, 0) is 20.8 Å². The minimum absolute atomic E-state index is 0.123. The van der Waals surface area contributed by atoms with Gasteiger partial charge >= 0.3 is 0 Å². The van der Waals surface area contributed by atoms with E-state index in [0.717, 1.165) is 5.56 Å². The highest BCUT2D eigenvalue weighted by atomic mass is 16.7. The maximum absolute atomic E-state index is 10.6. The number of nitrogens with zero attached hydrogens (tertiary/aromatic N) is 1. The van der Waals surface area contributed by atoms with Gasteiger partial charge < -0.3 is 30.0 Å². The van der Waals surface area contributed by atoms with E-state index in [-0.39, 0.29) is 18.2 Å². The zero-order chi connectivity index (χ0) is 15.4. The van der Waals surface area contributed by atoms with Crippen molar-refractivity contribution in [2.24, 2.45) is 0 Å². The van der Waals surface area contributed by atoms with Crippen LogP contribution >= 0.6 is 0 Å². The van der Waals surface area contributed by atoms with Crippen molar-refractivity contribution >= 4 is 0 Å². The molecule has 0 aliphatic carbocycles. The summed E-state index contributed by atoms with van der Waals surface area (Å²) in [5.41, 5.74) is 1.12. The van der Waals surface area contributed by atoms with E-state index in [4.69, 9.17) is 14.2 Å². The van der Waals surface area contributed by atoms with Gasteiger partial charge in [-0.25, -0.2) is 0 Å². The number of aliphatic hydroxyl groups excluding tert-OH is 1. The summed E-state index contributed by atoms with van der Waals surface area (Å²) < 4.78 is 16.5. The van der Waals surface area contributed by atoms with E-state index >= 15 is 0 Å². The van der Waals surface area contributed by atoms with Gasteiger partial charge in [0, 0.05) is 32.6 Å². The van der Waals surface area contributed by atoms with Gasteiger partial charge in [-0.1, -0.05) is 0 Å². The third-order valence-electron chi connectivity index (χ3n) is 4.14. The molecule has 0 radical (unpaired) electrons. The molecule has 2 fully saturated rings. The van der Waals surface area contributed by atoms with Gasteiger partial charge in [0.05, 0.1) is 31.4 Å². The Bertz CT molecular complexity index is 461. The molecule has 2 bridgehead atoms. The highest BCUT2D eigenvalue weighted by molar-refractivity contribution is 5.10. The summed E-state index contributed by atoms with van der Waals surface area (Å²) >= 11 is 0. The lowest BCUT2D eigenvalue weighted by atomic mass is 9.95. The topological polar surface area (TPSA) is 84.9 Å². The van der Waals surface area contributed by atoms with Gasteiger partial charge in [0.15, 0.2) is 6.29 Å². The number of ether oxygens (including phenoxy) is 3. The molecule has 3 heterocycles. The minimum atomic E-state index is -0.579. The van der Waals surface area contributed by atoms with Crippen LogP contribution in [0.1, 0.15) is 5.56 Å². The van der Waals surface area contributed by atoms with Crippen LogP contribution in [-0.4, -0.2) is 67.5 Å². The number of hydrogen-bond donors (Lipinski definition) is 3. The number of fused-ring (bicyclic) bond motifs is 2. The molecular weight excluding hydrogens is 286 g/mol. The fraction of sp³-hybridized carbons (Fsp3) is 0.667. The van der Waals surface area contributed by atoms with E-state index in [1.807, 2.05) is 12.1 Å². The average Bonchev–Trinajstić information content (AvgIpc) is 2.97. The molecule has 3 N–H and O–H groups in total. The molecule has 3 rings (SSSR count). The first kappa shape index (κ1) is 15.8. The number of rotatable bonds is 7. The Kier molecular flexibility index (Phi) is 5.35. The van der Waals surface area contributed by atoms with Crippen molar-refractivity contribution < 1.29 is 19.3 Å². The van der Waals surface area contributed by atoms with Gasteiger partial charge in [-0.05, 0) is 17.7 Å². The van der Waals surface area contributed by atoms with E-state index in [1.165, 1.54) is 0 Å². The van der Waals surface area contributed by atoms with Crippen molar-refractivity contribution in [1.82, 2.24) is 15.6 Å². The standard InChI is InChI=1S/C15H23N3O4/c1-20-7-6-17-13-14(19)12(11-9-21-15(13)22-11)18-8-10-2-4-16-5-3-10/h2-5,11-15,17-19H,6-9H2,1H3/t11-,12+,13-,14-,15+/m0/s1. The molecule has 22 heavy (non-hydrogen) atoms. The first-order valence-electron chi connectivity index (χ1n) is 7.59. The van der Waals surface area contributed by atoms with Crippen molar-refractivity contribution in [3.8, 4) is 0 Å². The molecule has 7 heteroatoms. The Labute approximate surface area is 130 Å². The van der Waals surface area contributed by atoms with E-state index in [0.29, 0.717) is 26.3 Å². The Morgan fingerprint density at radius 2 is 2.14 bits per heavy atom. The Morgan fingerprint density at radius 1 is 1.32 bits per heavy atom. The second kappa shape index (κ2) is 7.45. The summed E-state index contributed by atoms with van der Waals surface area (Å²) in [6.07, 6.45) is 2.42. The lowest BCUT2D eigenvalue weighted by Crippen LogP contribution is -2.63. The number of methoxy groups -OCH3 is 1. The zero-order valence-corrected chi connectivity index (χ0v) is 12.6. The molecule has 0 amide bonds. The second-order valence-corrected chi connectivity index (χ2v) is 5.60. The molecule has 1 aromatic heterocycles. The first-order chi connectivity index (χ1) is 10.8. The Hall–Kier alpha value is -1.09. The number of pyridine rings is 1. The van der Waals surface area contributed by atoms with Crippen LogP contribution < -0.4 is 10.6 Å². The third-order valence-corrected chi connectivity index (χ3v) is 4.14. The minimum Gasteiger partial charge on any atom is -0.390 e. The molecule has 1 aromatic rings. The van der Waals surface area contributed by atoms with Crippen LogP contribution in [0.3, 0.4) is 0 Å². The van der Waals surface area contributed by atoms with E-state index in [2.05, 4.69) is 15.6 Å². The van der Waals surface area contributed by atoms with Crippen LogP contribution in [0.2, 0.25) is 0 Å². The molecule has 0 aromatic carbocycles. The van der Waals surface area contributed by atoms with Crippen molar-refractivity contribution in [1.29, 1.82) is 0 Å². The van der Waals surface area contributed by atoms with E-state index < -0.39 is 12.4 Å². The molecule has 2 aliphatic heterocycles. The molecule has 122 valence electrons. The summed E-state index contributed by atoms with van der Waals surface area (Å²) in [6, 6.07) is 3.47. The van der Waals surface area contributed by atoms with Gasteiger partial charge in [-0.3, -0.25) is 4.98 Å². The highest BCUT2D eigenvalue weighted by Gasteiger charge is 2.49. The maximum Gasteiger partial charge on any atom is 0.176 e. The van der Waals surface area contributed by atoms with Gasteiger partial charge in [-0.2, -0.15) is 0 Å². The van der Waals surface area contributed by atoms with Gasteiger partial charge in [-0.15, -0.1) is 0 Å². The summed E-state index contributed by atoms with van der Waals surface area (Å²) in [6.45, 7) is 2.37. The Balaban J connectivity index is 1.60. The molecule has 0 saturated carbocycles. The lowest BCUT2D eigenvalue weighted by Gasteiger charge is -2.39. The van der Waals surface area contributed by atoms with Gasteiger partial charge in [0.1, 0.15) is 6.10 Å². The molecular formula is C15H23N3O4. The summed E-state index contributed by atoms with van der Waals surface area (Å²) in [4.78, 5) is 4.00. The quantitative estimate of drug-likeness (QED) is 0.572. The number of aliphatic hydroxyl groups is 1. The van der Waals surface area contributed by atoms with E-state index in [9.17, 15) is 5.11 Å². The van der Waals surface area contributed by atoms with E-state index in [1.54, 1.807) is 19.5 Å². The monoisotopic (exact) mass is 309 g/mol. The average molecular weight is 309 g/mol. The van der Waals surface area contributed by atoms with Gasteiger partial charge in [0.2, 0.25) is 0 Å². The largest absolute Gasteiger partial charge is 0.390 e. The SMILES string of the molecule is COCCN[C@@H]1[C@@H]2OC[C@H](O2)[C@@H](NCc2ccncc2)[C@@H]1O. The van der Waals surface area contributed by atoms with Gasteiger partial charge in [0.25, 0.3) is 0 Å². The summed E-state index contributed by atoms with van der Waals surface area (Å²) in [5, 5.41) is 17.3. The van der Waals surface area contributed by atoms with Crippen LogP contribution in [0, 0.1) is 0 Å². The lowest BCUT2D eigenvalue weighted by molar-refractivity contribution is -0.153. The zero-order valence-electron chi connectivity index (χ0n) is 12.6. The predicted octanol–water partition coefficient (Wildman–Crippen LogP) is -0.740. The molecule has 0 spiro atoms. The maximum atomic E-state index is 10.6. The highest BCUT2D eigenvalue weighted by Crippen LogP contribution is 2.28. The van der Waals surface area contributed by atoms with Crippen molar-refractivity contribution in [3.05, 3.63) is 30.1 Å². The van der Waals surface area contributed by atoms with Crippen LogP contribution in [0.25, 0.3) is 0 Å². The fourth-order valence-corrected chi connectivity index (χ4v) is 2.95. The fourth-order valence-electron chi connectivity index (χ4n) is 2.95. The first-order valence-corrected chi connectivity index (χ1v) is 7.59. The van der Waals surface area contributed by atoms with Crippen molar-refractivity contribution in [2.75, 3.05) is 26.9 Å². The van der Waals surface area contributed by atoms with Crippen LogP contribution in [0.4, 0.5) is 0 Å². The van der Waals surface area contributed by atoms with Crippen LogP contribution in [0.5, 0.6) is 0 Å². The smallest absolute Gasteiger partial charge is 0.176 e. The normalized spacial score (nSPS) is 34.0. The van der Waals surface area contributed by atoms with Crippen molar-refractivity contribution in [2.45, 2.75) is 37.1 Å². The van der Waals surface area contributed by atoms with Crippen molar-refractivity contribution in [3.63, 3.8) is 0 Å². The Morgan fingerprint density at radius 3 is 2.91 bits per heavy atom. The molecule has 5 atom stereocenters. The predicted molar refractivity (Wildman–Crippen MR) is 79.2 cm³/mol. The molecule has 2 aliphatic rings. The summed E-state index contributed by atoms with van der Waals surface area (Å²) in [7, 11) is 1.65. The second-order valence-electron chi connectivity index (χ2n) is 5.60. The summed E-state index contributed by atoms with van der Waals surface area (Å²) in [5.74, 6) is 0. The number of aromatic nitrogens is 1. The molecule has 7 nitrogen and oxygen atoms in total. The number of nitrogens with one attached hydrogen (secondary N) is 2. The van der Waals surface area contributed by atoms with Crippen LogP contribution in [0.15, 0.2) is 24.5 Å².